The largest absolute Gasteiger partial charge is 0.372 e. The average Bonchev–Trinajstić information content (AvgIpc) is 1.95. The summed E-state index contributed by atoms with van der Waals surface area (Å²) >= 11 is 0. The van der Waals surface area contributed by atoms with Crippen LogP contribution >= 0.6 is 0 Å². The molecule has 0 amide bonds. The number of nitrogens with one attached hydrogen (secondary N) is 2. The highest BCUT2D eigenvalue weighted by Crippen LogP contribution is 1.99. The SMILES string of the molecule is CCNC1=CC=C(C)CN1. The van der Waals surface area contributed by atoms with E-state index in [1.807, 2.05) is 0 Å². The minimum atomic E-state index is 0.971. The second-order valence-electron chi connectivity index (χ2n) is 2.48. The molecule has 0 saturated heterocycles. The zero-order valence-electron chi connectivity index (χ0n) is 6.57. The van der Waals surface area contributed by atoms with Crippen LogP contribution in [0.1, 0.15) is 13.8 Å². The maximum absolute atomic E-state index is 3.25. The molecule has 0 spiro atoms. The van der Waals surface area contributed by atoms with E-state index in [1.165, 1.54) is 5.57 Å². The van der Waals surface area contributed by atoms with E-state index in [4.69, 9.17) is 0 Å². The summed E-state index contributed by atoms with van der Waals surface area (Å²) in [4.78, 5) is 0. The molecule has 0 aromatic rings. The summed E-state index contributed by atoms with van der Waals surface area (Å²) < 4.78 is 0. The van der Waals surface area contributed by atoms with Crippen LogP contribution in [-0.4, -0.2) is 13.1 Å². The second kappa shape index (κ2) is 3.30. The molecule has 1 heterocycles. The lowest BCUT2D eigenvalue weighted by Gasteiger charge is -2.15. The van der Waals surface area contributed by atoms with Gasteiger partial charge in [-0.2, -0.15) is 0 Å². The number of hydrogen-bond acceptors (Lipinski definition) is 2. The van der Waals surface area contributed by atoms with Crippen molar-refractivity contribution in [1.82, 2.24) is 10.6 Å². The average molecular weight is 138 g/mol. The smallest absolute Gasteiger partial charge is 0.0988 e. The second-order valence-corrected chi connectivity index (χ2v) is 2.48. The Morgan fingerprint density at radius 3 is 2.90 bits per heavy atom. The monoisotopic (exact) mass is 138 g/mol. The van der Waals surface area contributed by atoms with Gasteiger partial charge < -0.3 is 10.6 Å². The van der Waals surface area contributed by atoms with Gasteiger partial charge in [-0.3, -0.25) is 0 Å². The Morgan fingerprint density at radius 1 is 1.60 bits per heavy atom. The van der Waals surface area contributed by atoms with Gasteiger partial charge in [0.05, 0.1) is 5.82 Å². The van der Waals surface area contributed by atoms with Crippen LogP contribution in [0.3, 0.4) is 0 Å². The Balaban J connectivity index is 2.47. The van der Waals surface area contributed by atoms with Gasteiger partial charge >= 0.3 is 0 Å². The lowest BCUT2D eigenvalue weighted by molar-refractivity contribution is 0.719. The van der Waals surface area contributed by atoms with Gasteiger partial charge in [-0.05, 0) is 19.9 Å². The molecule has 1 rings (SSSR count). The van der Waals surface area contributed by atoms with Crippen molar-refractivity contribution in [3.05, 3.63) is 23.5 Å². The van der Waals surface area contributed by atoms with Crippen LogP contribution in [-0.2, 0) is 0 Å². The quantitative estimate of drug-likeness (QED) is 0.594. The molecule has 2 nitrogen and oxygen atoms in total. The van der Waals surface area contributed by atoms with Crippen LogP contribution in [0.15, 0.2) is 23.5 Å². The van der Waals surface area contributed by atoms with E-state index in [2.05, 4.69) is 36.6 Å². The molecule has 0 bridgehead atoms. The van der Waals surface area contributed by atoms with Gasteiger partial charge in [0.1, 0.15) is 0 Å². The van der Waals surface area contributed by atoms with Crippen LogP contribution < -0.4 is 10.6 Å². The zero-order valence-corrected chi connectivity index (χ0v) is 6.57. The summed E-state index contributed by atoms with van der Waals surface area (Å²) in [5.41, 5.74) is 1.38. The fourth-order valence-electron chi connectivity index (χ4n) is 0.890. The molecular formula is C8H14N2. The zero-order chi connectivity index (χ0) is 7.40. The van der Waals surface area contributed by atoms with Crippen LogP contribution in [0.5, 0.6) is 0 Å². The maximum Gasteiger partial charge on any atom is 0.0988 e. The Hall–Kier alpha value is -0.920. The minimum Gasteiger partial charge on any atom is -0.372 e. The van der Waals surface area contributed by atoms with Crippen LogP contribution in [0.25, 0.3) is 0 Å². The van der Waals surface area contributed by atoms with Crippen molar-refractivity contribution < 1.29 is 0 Å². The number of hydrogen-bond donors (Lipinski definition) is 2. The van der Waals surface area contributed by atoms with Crippen molar-refractivity contribution in [2.75, 3.05) is 13.1 Å². The first-order valence-corrected chi connectivity index (χ1v) is 3.68. The lowest BCUT2D eigenvalue weighted by Crippen LogP contribution is -2.29. The summed E-state index contributed by atoms with van der Waals surface area (Å²) in [6, 6.07) is 0. The van der Waals surface area contributed by atoms with E-state index in [1.54, 1.807) is 0 Å². The normalized spacial score (nSPS) is 17.0. The lowest BCUT2D eigenvalue weighted by atomic mass is 10.2. The van der Waals surface area contributed by atoms with E-state index < -0.39 is 0 Å². The number of dihydropyridines is 1. The molecule has 0 atom stereocenters. The molecule has 1 aliphatic heterocycles. The van der Waals surface area contributed by atoms with E-state index in [0.717, 1.165) is 18.9 Å². The molecule has 0 unspecified atom stereocenters. The molecule has 2 N–H and O–H groups in total. The summed E-state index contributed by atoms with van der Waals surface area (Å²) in [7, 11) is 0. The Morgan fingerprint density at radius 2 is 2.40 bits per heavy atom. The van der Waals surface area contributed by atoms with Crippen LogP contribution in [0.4, 0.5) is 0 Å². The Bertz CT molecular complexity index is 164. The summed E-state index contributed by atoms with van der Waals surface area (Å²) in [5, 5.41) is 6.46. The molecule has 0 radical (unpaired) electrons. The van der Waals surface area contributed by atoms with E-state index in [-0.39, 0.29) is 0 Å². The Labute approximate surface area is 62.0 Å². The van der Waals surface area contributed by atoms with Crippen molar-refractivity contribution in [3.63, 3.8) is 0 Å². The van der Waals surface area contributed by atoms with Crippen molar-refractivity contribution in [3.8, 4) is 0 Å². The summed E-state index contributed by atoms with van der Waals surface area (Å²) in [6.45, 7) is 6.16. The molecule has 10 heavy (non-hydrogen) atoms. The first-order valence-electron chi connectivity index (χ1n) is 3.68. The first-order chi connectivity index (χ1) is 4.83. The molecule has 0 aromatic heterocycles. The third kappa shape index (κ3) is 1.79. The number of allylic oxidation sites excluding steroid dienone is 2. The van der Waals surface area contributed by atoms with Crippen LogP contribution in [0, 0.1) is 0 Å². The molecule has 2 heteroatoms. The predicted octanol–water partition coefficient (Wildman–Crippen LogP) is 0.987. The van der Waals surface area contributed by atoms with Crippen molar-refractivity contribution >= 4 is 0 Å². The molecule has 0 aromatic carbocycles. The summed E-state index contributed by atoms with van der Waals surface area (Å²) in [6.07, 6.45) is 4.21. The van der Waals surface area contributed by atoms with Crippen LogP contribution in [0.2, 0.25) is 0 Å². The minimum absolute atomic E-state index is 0.971. The fraction of sp³-hybridized carbons (Fsp3) is 0.500. The van der Waals surface area contributed by atoms with Gasteiger partial charge in [0.25, 0.3) is 0 Å². The molecule has 0 fully saturated rings. The predicted molar refractivity (Wildman–Crippen MR) is 43.5 cm³/mol. The third-order valence-corrected chi connectivity index (χ3v) is 1.46. The van der Waals surface area contributed by atoms with Crippen molar-refractivity contribution in [2.45, 2.75) is 13.8 Å². The highest BCUT2D eigenvalue weighted by molar-refractivity contribution is 5.21. The van der Waals surface area contributed by atoms with E-state index in [9.17, 15) is 0 Å². The van der Waals surface area contributed by atoms with Gasteiger partial charge in [0.2, 0.25) is 0 Å². The standard InChI is InChI=1S/C8H14N2/c1-3-9-8-5-4-7(2)6-10-8/h4-5,9-10H,3,6H2,1-2H3. The van der Waals surface area contributed by atoms with E-state index in [0.29, 0.717) is 0 Å². The highest BCUT2D eigenvalue weighted by atomic mass is 15.1. The number of rotatable bonds is 2. The topological polar surface area (TPSA) is 24.1 Å². The maximum atomic E-state index is 3.25. The Kier molecular flexibility index (Phi) is 2.37. The van der Waals surface area contributed by atoms with Gasteiger partial charge in [-0.1, -0.05) is 11.6 Å². The molecule has 56 valence electrons. The van der Waals surface area contributed by atoms with E-state index >= 15 is 0 Å². The van der Waals surface area contributed by atoms with Crippen molar-refractivity contribution in [1.29, 1.82) is 0 Å². The molecular weight excluding hydrogens is 124 g/mol. The van der Waals surface area contributed by atoms with Crippen molar-refractivity contribution in [2.24, 2.45) is 0 Å². The highest BCUT2D eigenvalue weighted by Gasteiger charge is 1.97. The molecule has 1 aliphatic rings. The third-order valence-electron chi connectivity index (χ3n) is 1.46. The molecule has 0 saturated carbocycles. The molecule has 0 aliphatic carbocycles. The van der Waals surface area contributed by atoms with Gasteiger partial charge in [-0.15, -0.1) is 0 Å². The first kappa shape index (κ1) is 7.19. The van der Waals surface area contributed by atoms with Gasteiger partial charge in [-0.25, -0.2) is 0 Å². The van der Waals surface area contributed by atoms with Gasteiger partial charge in [0, 0.05) is 13.1 Å². The fourth-order valence-corrected chi connectivity index (χ4v) is 0.890. The summed E-state index contributed by atoms with van der Waals surface area (Å²) in [5.74, 6) is 1.13. The van der Waals surface area contributed by atoms with Gasteiger partial charge in [0.15, 0.2) is 0 Å².